The Hall–Kier alpha value is -1.10. The molecule has 3 N–H and O–H groups in total. The summed E-state index contributed by atoms with van der Waals surface area (Å²) in [6.07, 6.45) is 2.49. The maximum absolute atomic E-state index is 12.0. The zero-order chi connectivity index (χ0) is 14.5. The van der Waals surface area contributed by atoms with E-state index >= 15 is 0 Å². The van der Waals surface area contributed by atoms with Crippen LogP contribution in [0.5, 0.6) is 0 Å². The minimum Gasteiger partial charge on any atom is -0.351 e. The molecular formula is C16H26ClN3O. The van der Waals surface area contributed by atoms with Crippen molar-refractivity contribution >= 4 is 18.3 Å². The van der Waals surface area contributed by atoms with Crippen LogP contribution in [0.1, 0.15) is 24.0 Å². The number of benzene rings is 1. The largest absolute Gasteiger partial charge is 0.351 e. The van der Waals surface area contributed by atoms with Crippen LogP contribution in [-0.4, -0.2) is 37.0 Å². The van der Waals surface area contributed by atoms with Crippen LogP contribution in [-0.2, 0) is 11.3 Å². The summed E-state index contributed by atoms with van der Waals surface area (Å²) >= 11 is 0. The highest BCUT2D eigenvalue weighted by Gasteiger charge is 2.33. The summed E-state index contributed by atoms with van der Waals surface area (Å²) in [5.41, 5.74) is 8.16. The molecule has 1 aliphatic rings. The van der Waals surface area contributed by atoms with E-state index in [0.29, 0.717) is 31.6 Å². The van der Waals surface area contributed by atoms with E-state index in [1.807, 2.05) is 19.2 Å². The van der Waals surface area contributed by atoms with Gasteiger partial charge in [0.25, 0.3) is 0 Å². The smallest absolute Gasteiger partial charge is 0.234 e. The Balaban J connectivity index is 0.00000220. The SMILES string of the molecule is Cc1ccc(CNC(=O)CN(C)C(CN)C2CC2)cc1.Cl. The maximum Gasteiger partial charge on any atom is 0.234 e. The van der Waals surface area contributed by atoms with Crippen molar-refractivity contribution in [1.29, 1.82) is 0 Å². The first kappa shape index (κ1) is 18.0. The highest BCUT2D eigenvalue weighted by molar-refractivity contribution is 5.85. The molecule has 1 saturated carbocycles. The van der Waals surface area contributed by atoms with Crippen LogP contribution in [0.3, 0.4) is 0 Å². The van der Waals surface area contributed by atoms with Crippen LogP contribution < -0.4 is 11.1 Å². The Morgan fingerprint density at radius 2 is 2.00 bits per heavy atom. The lowest BCUT2D eigenvalue weighted by atomic mass is 10.1. The lowest BCUT2D eigenvalue weighted by Gasteiger charge is -2.26. The number of likely N-dealkylation sites (N-methyl/N-ethyl adjacent to an activating group) is 1. The fourth-order valence-corrected chi connectivity index (χ4v) is 2.52. The first-order valence-electron chi connectivity index (χ1n) is 7.32. The first-order chi connectivity index (χ1) is 9.60. The molecule has 0 heterocycles. The van der Waals surface area contributed by atoms with Crippen molar-refractivity contribution in [3.63, 3.8) is 0 Å². The third kappa shape index (κ3) is 5.65. The fourth-order valence-electron chi connectivity index (χ4n) is 2.52. The molecule has 21 heavy (non-hydrogen) atoms. The van der Waals surface area contributed by atoms with Crippen LogP contribution in [0, 0.1) is 12.8 Å². The van der Waals surface area contributed by atoms with Gasteiger partial charge in [-0.25, -0.2) is 0 Å². The summed E-state index contributed by atoms with van der Waals surface area (Å²) < 4.78 is 0. The standard InChI is InChI=1S/C16H25N3O.ClH/c1-12-3-5-13(6-4-12)10-18-16(20)11-19(2)15(9-17)14-7-8-14;/h3-6,14-15H,7-11,17H2,1-2H3,(H,18,20);1H. The van der Waals surface area contributed by atoms with E-state index in [4.69, 9.17) is 5.73 Å². The molecule has 0 aromatic heterocycles. The lowest BCUT2D eigenvalue weighted by Crippen LogP contribution is -2.44. The topological polar surface area (TPSA) is 58.4 Å². The molecule has 0 bridgehead atoms. The molecule has 1 aliphatic carbocycles. The zero-order valence-corrected chi connectivity index (χ0v) is 13.7. The number of nitrogens with two attached hydrogens (primary N) is 1. The molecule has 118 valence electrons. The van der Waals surface area contributed by atoms with Crippen molar-refractivity contribution in [2.45, 2.75) is 32.4 Å². The molecule has 1 aromatic rings. The summed E-state index contributed by atoms with van der Waals surface area (Å²) in [7, 11) is 1.99. The van der Waals surface area contributed by atoms with Gasteiger partial charge in [0.05, 0.1) is 6.54 Å². The lowest BCUT2D eigenvalue weighted by molar-refractivity contribution is -0.122. The number of hydrogen-bond donors (Lipinski definition) is 2. The predicted octanol–water partition coefficient (Wildman–Crippen LogP) is 1.70. The Morgan fingerprint density at radius 3 is 2.52 bits per heavy atom. The van der Waals surface area contributed by atoms with Crippen LogP contribution in [0.2, 0.25) is 0 Å². The number of carbonyl (C=O) groups is 1. The first-order valence-corrected chi connectivity index (χ1v) is 7.32. The van der Waals surface area contributed by atoms with Crippen molar-refractivity contribution < 1.29 is 4.79 Å². The summed E-state index contributed by atoms with van der Waals surface area (Å²) in [6, 6.07) is 8.56. The molecule has 1 fully saturated rings. The number of hydrogen-bond acceptors (Lipinski definition) is 3. The monoisotopic (exact) mass is 311 g/mol. The van der Waals surface area contributed by atoms with Gasteiger partial charge in [0.1, 0.15) is 0 Å². The summed E-state index contributed by atoms with van der Waals surface area (Å²) in [5.74, 6) is 0.752. The third-order valence-corrected chi connectivity index (χ3v) is 3.98. The molecular weight excluding hydrogens is 286 g/mol. The molecule has 5 heteroatoms. The number of carbonyl (C=O) groups excluding carboxylic acids is 1. The molecule has 1 atom stereocenters. The molecule has 1 aromatic carbocycles. The van der Waals surface area contributed by atoms with Gasteiger partial charge in [0.2, 0.25) is 5.91 Å². The molecule has 1 unspecified atom stereocenters. The highest BCUT2D eigenvalue weighted by Crippen LogP contribution is 2.34. The summed E-state index contributed by atoms with van der Waals surface area (Å²) in [4.78, 5) is 14.0. The Labute approximate surface area is 133 Å². The van der Waals surface area contributed by atoms with Crippen molar-refractivity contribution in [1.82, 2.24) is 10.2 Å². The van der Waals surface area contributed by atoms with E-state index in [1.54, 1.807) is 0 Å². The maximum atomic E-state index is 12.0. The van der Waals surface area contributed by atoms with Gasteiger partial charge in [-0.1, -0.05) is 29.8 Å². The number of nitrogens with zero attached hydrogens (tertiary/aromatic N) is 1. The number of nitrogens with one attached hydrogen (secondary N) is 1. The molecule has 0 radical (unpaired) electrons. The van der Waals surface area contributed by atoms with E-state index in [1.165, 1.54) is 18.4 Å². The van der Waals surface area contributed by atoms with E-state index < -0.39 is 0 Å². The van der Waals surface area contributed by atoms with Crippen LogP contribution in [0.4, 0.5) is 0 Å². The average Bonchev–Trinajstić information content (AvgIpc) is 3.23. The van der Waals surface area contributed by atoms with E-state index in [0.717, 1.165) is 5.56 Å². The second-order valence-corrected chi connectivity index (χ2v) is 5.82. The van der Waals surface area contributed by atoms with Gasteiger partial charge >= 0.3 is 0 Å². The normalized spacial score (nSPS) is 15.4. The van der Waals surface area contributed by atoms with Gasteiger partial charge in [0, 0.05) is 19.1 Å². The van der Waals surface area contributed by atoms with Crippen LogP contribution >= 0.6 is 12.4 Å². The molecule has 2 rings (SSSR count). The van der Waals surface area contributed by atoms with E-state index in [2.05, 4.69) is 29.3 Å². The van der Waals surface area contributed by atoms with Crippen LogP contribution in [0.25, 0.3) is 0 Å². The Kier molecular flexibility index (Phi) is 7.15. The van der Waals surface area contributed by atoms with Crippen LogP contribution in [0.15, 0.2) is 24.3 Å². The molecule has 1 amide bonds. The van der Waals surface area contributed by atoms with Crippen molar-refractivity contribution in [2.75, 3.05) is 20.1 Å². The van der Waals surface area contributed by atoms with Crippen molar-refractivity contribution in [2.24, 2.45) is 11.7 Å². The third-order valence-electron chi connectivity index (χ3n) is 3.98. The van der Waals surface area contributed by atoms with Gasteiger partial charge < -0.3 is 11.1 Å². The van der Waals surface area contributed by atoms with Crippen molar-refractivity contribution in [3.05, 3.63) is 35.4 Å². The Bertz CT molecular complexity index is 445. The van der Waals surface area contributed by atoms with Gasteiger partial charge in [0.15, 0.2) is 0 Å². The van der Waals surface area contributed by atoms with Gasteiger partial charge in [-0.05, 0) is 38.3 Å². The van der Waals surface area contributed by atoms with Gasteiger partial charge in [-0.3, -0.25) is 9.69 Å². The highest BCUT2D eigenvalue weighted by atomic mass is 35.5. The summed E-state index contributed by atoms with van der Waals surface area (Å²) in [6.45, 7) is 3.70. The fraction of sp³-hybridized carbons (Fsp3) is 0.562. The Morgan fingerprint density at radius 1 is 1.38 bits per heavy atom. The minimum absolute atomic E-state index is 0. The van der Waals surface area contributed by atoms with Crippen molar-refractivity contribution in [3.8, 4) is 0 Å². The second kappa shape index (κ2) is 8.37. The number of amides is 1. The minimum atomic E-state index is 0. The molecule has 0 saturated heterocycles. The van der Waals surface area contributed by atoms with Gasteiger partial charge in [-0.15, -0.1) is 12.4 Å². The molecule has 0 spiro atoms. The number of aryl methyl sites for hydroxylation is 1. The van der Waals surface area contributed by atoms with E-state index in [-0.39, 0.29) is 18.3 Å². The predicted molar refractivity (Wildman–Crippen MR) is 88.5 cm³/mol. The average molecular weight is 312 g/mol. The number of rotatable bonds is 7. The van der Waals surface area contributed by atoms with E-state index in [9.17, 15) is 4.79 Å². The quantitative estimate of drug-likeness (QED) is 0.806. The number of halogens is 1. The second-order valence-electron chi connectivity index (χ2n) is 5.82. The summed E-state index contributed by atoms with van der Waals surface area (Å²) in [5, 5.41) is 2.97. The van der Waals surface area contributed by atoms with Gasteiger partial charge in [-0.2, -0.15) is 0 Å². The molecule has 0 aliphatic heterocycles. The zero-order valence-electron chi connectivity index (χ0n) is 12.8. The molecule has 4 nitrogen and oxygen atoms in total.